The first-order valence-electron chi connectivity index (χ1n) is 14.1. The minimum Gasteiger partial charge on any atom is -0.414 e. The van der Waals surface area contributed by atoms with Gasteiger partial charge in [-0.1, -0.05) is 47.1 Å². The van der Waals surface area contributed by atoms with Crippen molar-refractivity contribution in [3.63, 3.8) is 0 Å². The van der Waals surface area contributed by atoms with Gasteiger partial charge >= 0.3 is 0 Å². The predicted molar refractivity (Wildman–Crippen MR) is 143 cm³/mol. The highest BCUT2D eigenvalue weighted by molar-refractivity contribution is 6.74. The van der Waals surface area contributed by atoms with E-state index in [0.717, 1.165) is 12.8 Å². The van der Waals surface area contributed by atoms with Crippen molar-refractivity contribution in [1.82, 2.24) is 0 Å². The highest BCUT2D eigenvalue weighted by Gasteiger charge is 2.64. The second-order valence-corrected chi connectivity index (χ2v) is 17.8. The van der Waals surface area contributed by atoms with Crippen molar-refractivity contribution < 1.29 is 19.0 Å². The number of aliphatic hydroxyl groups is 1. The molecule has 5 heteroatoms. The van der Waals surface area contributed by atoms with Gasteiger partial charge in [-0.05, 0) is 93.2 Å². The molecule has 3 aliphatic carbocycles. The second-order valence-electron chi connectivity index (χ2n) is 13.1. The lowest BCUT2D eigenvalue weighted by molar-refractivity contribution is -0.208. The summed E-state index contributed by atoms with van der Waals surface area (Å²) in [6, 6.07) is 0. The summed E-state index contributed by atoms with van der Waals surface area (Å²) in [7, 11) is -1.94. The van der Waals surface area contributed by atoms with Crippen LogP contribution in [-0.4, -0.2) is 44.6 Å². The third-order valence-electron chi connectivity index (χ3n) is 10.3. The first-order valence-corrected chi connectivity index (χ1v) is 17.0. The van der Waals surface area contributed by atoms with E-state index in [9.17, 15) is 5.11 Å². The van der Waals surface area contributed by atoms with Crippen molar-refractivity contribution in [2.75, 3.05) is 13.2 Å². The van der Waals surface area contributed by atoms with Crippen molar-refractivity contribution in [3.8, 4) is 0 Å². The first kappa shape index (κ1) is 28.4. The molecule has 1 N–H and O–H groups in total. The molecule has 3 rings (SSSR count). The van der Waals surface area contributed by atoms with Gasteiger partial charge in [0.05, 0.1) is 5.60 Å². The zero-order valence-corrected chi connectivity index (χ0v) is 24.6. The van der Waals surface area contributed by atoms with Crippen LogP contribution in [0.15, 0.2) is 12.7 Å². The molecule has 0 radical (unpaired) electrons. The Morgan fingerprint density at radius 1 is 1.06 bits per heavy atom. The minimum atomic E-state index is -1.94. The van der Waals surface area contributed by atoms with Crippen LogP contribution in [0.25, 0.3) is 0 Å². The molecule has 4 nitrogen and oxygen atoms in total. The van der Waals surface area contributed by atoms with Gasteiger partial charge in [-0.2, -0.15) is 0 Å². The molecule has 0 bridgehead atoms. The Bertz CT molecular complexity index is 682. The molecular formula is C29H54O4Si. The predicted octanol–water partition coefficient (Wildman–Crippen LogP) is 7.04. The highest BCUT2D eigenvalue weighted by Crippen LogP contribution is 2.64. The Hall–Kier alpha value is -0.203. The molecule has 9 atom stereocenters. The van der Waals surface area contributed by atoms with Gasteiger partial charge in [0.25, 0.3) is 0 Å². The van der Waals surface area contributed by atoms with Crippen LogP contribution in [-0.2, 0) is 13.9 Å². The fourth-order valence-corrected chi connectivity index (χ4v) is 9.25. The molecule has 0 aromatic rings. The van der Waals surface area contributed by atoms with Gasteiger partial charge < -0.3 is 19.0 Å². The third-order valence-corrected chi connectivity index (χ3v) is 14.8. The van der Waals surface area contributed by atoms with Crippen LogP contribution in [0.4, 0.5) is 0 Å². The number of hydrogen-bond donors (Lipinski definition) is 1. The fraction of sp³-hybridized carbons (Fsp3) is 0.931. The highest BCUT2D eigenvalue weighted by atomic mass is 28.4. The van der Waals surface area contributed by atoms with Gasteiger partial charge in [-0.3, -0.25) is 0 Å². The van der Waals surface area contributed by atoms with E-state index in [1.54, 1.807) is 0 Å². The molecule has 0 unspecified atom stereocenters. The molecule has 3 fully saturated rings. The molecule has 0 aromatic heterocycles. The fourth-order valence-electron chi connectivity index (χ4n) is 7.88. The number of ether oxygens (including phenoxy) is 2. The lowest BCUT2D eigenvalue weighted by Gasteiger charge is -2.50. The summed E-state index contributed by atoms with van der Waals surface area (Å²) in [4.78, 5) is 0. The quantitative estimate of drug-likeness (QED) is 0.201. The van der Waals surface area contributed by atoms with Crippen LogP contribution in [0, 0.1) is 41.4 Å². The summed E-state index contributed by atoms with van der Waals surface area (Å²) in [5, 5.41) is 12.6. The van der Waals surface area contributed by atoms with Crippen molar-refractivity contribution in [1.29, 1.82) is 0 Å². The Morgan fingerprint density at radius 2 is 1.68 bits per heavy atom. The SMILES string of the molecule is C=CC[C@]1(O)[C@H](C(OCC)OCC)C[C@@H]2[C@H]3C[C@@H](C)[C@@H](CC)[C@@H]3[C@H](O[Si](C)(C)C(C)(C)C)C[C@@H]21. The topological polar surface area (TPSA) is 47.9 Å². The molecule has 3 saturated carbocycles. The van der Waals surface area contributed by atoms with E-state index in [2.05, 4.69) is 54.3 Å². The van der Waals surface area contributed by atoms with Crippen LogP contribution < -0.4 is 0 Å². The molecule has 0 spiro atoms. The van der Waals surface area contributed by atoms with Crippen molar-refractivity contribution >= 4 is 8.32 Å². The number of rotatable bonds is 10. The monoisotopic (exact) mass is 494 g/mol. The van der Waals surface area contributed by atoms with Gasteiger partial charge in [0, 0.05) is 25.2 Å². The van der Waals surface area contributed by atoms with E-state index in [0.29, 0.717) is 49.2 Å². The Kier molecular flexibility index (Phi) is 8.89. The summed E-state index contributed by atoms with van der Waals surface area (Å²) in [5.74, 6) is 3.31. The normalized spacial score (nSPS) is 40.4. The Morgan fingerprint density at radius 3 is 2.18 bits per heavy atom. The maximum absolute atomic E-state index is 12.4. The summed E-state index contributed by atoms with van der Waals surface area (Å²) in [5.41, 5.74) is -0.852. The van der Waals surface area contributed by atoms with E-state index in [1.807, 2.05) is 19.9 Å². The molecular weight excluding hydrogens is 440 g/mol. The van der Waals surface area contributed by atoms with E-state index in [1.165, 1.54) is 12.8 Å². The zero-order chi connectivity index (χ0) is 25.5. The van der Waals surface area contributed by atoms with Gasteiger partial charge in [0.2, 0.25) is 0 Å². The van der Waals surface area contributed by atoms with Gasteiger partial charge in [0.1, 0.15) is 0 Å². The number of hydrogen-bond acceptors (Lipinski definition) is 4. The molecule has 0 saturated heterocycles. The maximum atomic E-state index is 12.4. The summed E-state index contributed by atoms with van der Waals surface area (Å²) in [6.07, 6.45) is 6.78. The average molecular weight is 495 g/mol. The molecule has 3 aliphatic rings. The van der Waals surface area contributed by atoms with E-state index >= 15 is 0 Å². The van der Waals surface area contributed by atoms with Crippen LogP contribution >= 0.6 is 0 Å². The molecule has 0 aliphatic heterocycles. The third kappa shape index (κ3) is 4.98. The maximum Gasteiger partial charge on any atom is 0.192 e. The summed E-state index contributed by atoms with van der Waals surface area (Å²) >= 11 is 0. The van der Waals surface area contributed by atoms with E-state index < -0.39 is 13.9 Å². The van der Waals surface area contributed by atoms with Crippen LogP contribution in [0.5, 0.6) is 0 Å². The standard InChI is InChI=1S/C29H54O4Si/c1-11-15-29(30)23-18-25(33-34(9,10)28(6,7)8)26-20(12-2)19(5)16-22(26)21(23)17-24(29)27(31-13-3)32-14-4/h11,19-27,30H,1,12-18H2,2-10H3/t19-,20-,21-,22-,23+,24+,25-,26+,29-/m1/s1. The lowest BCUT2D eigenvalue weighted by atomic mass is 9.63. The largest absolute Gasteiger partial charge is 0.414 e. The molecule has 0 aromatic carbocycles. The van der Waals surface area contributed by atoms with E-state index in [4.69, 9.17) is 13.9 Å². The van der Waals surface area contributed by atoms with Gasteiger partial charge in [-0.25, -0.2) is 0 Å². The minimum absolute atomic E-state index is 0.0244. The Labute approximate surface area is 211 Å². The zero-order valence-electron chi connectivity index (χ0n) is 23.6. The smallest absolute Gasteiger partial charge is 0.192 e. The van der Waals surface area contributed by atoms with Crippen molar-refractivity contribution in [3.05, 3.63) is 12.7 Å². The van der Waals surface area contributed by atoms with Crippen molar-refractivity contribution in [2.45, 2.75) is 117 Å². The van der Waals surface area contributed by atoms with Crippen LogP contribution in [0.1, 0.15) is 80.6 Å². The van der Waals surface area contributed by atoms with Crippen molar-refractivity contribution in [2.24, 2.45) is 41.4 Å². The molecule has 0 heterocycles. The van der Waals surface area contributed by atoms with E-state index in [-0.39, 0.29) is 29.3 Å². The first-order chi connectivity index (χ1) is 15.9. The van der Waals surface area contributed by atoms with Gasteiger partial charge in [-0.15, -0.1) is 6.58 Å². The summed E-state index contributed by atoms with van der Waals surface area (Å²) in [6.45, 7) is 25.9. The van der Waals surface area contributed by atoms with Crippen LogP contribution in [0.3, 0.4) is 0 Å². The lowest BCUT2D eigenvalue weighted by Crippen LogP contribution is -2.54. The second kappa shape index (κ2) is 10.7. The average Bonchev–Trinajstić information content (AvgIpc) is 3.21. The van der Waals surface area contributed by atoms with Crippen LogP contribution in [0.2, 0.25) is 18.1 Å². The Balaban J connectivity index is 2.02. The number of fused-ring (bicyclic) bond motifs is 3. The van der Waals surface area contributed by atoms with Gasteiger partial charge in [0.15, 0.2) is 14.6 Å². The molecule has 0 amide bonds. The molecule has 198 valence electrons. The summed E-state index contributed by atoms with van der Waals surface area (Å²) < 4.78 is 19.4. The molecule has 34 heavy (non-hydrogen) atoms.